The van der Waals surface area contributed by atoms with Crippen LogP contribution in [-0.4, -0.2) is 44.8 Å². The van der Waals surface area contributed by atoms with Crippen LogP contribution < -0.4 is 10.6 Å². The van der Waals surface area contributed by atoms with Crippen LogP contribution in [-0.2, 0) is 11.3 Å². The molecule has 9 nitrogen and oxygen atoms in total. The molecule has 2 N–H and O–H groups in total. The lowest BCUT2D eigenvalue weighted by Gasteiger charge is -2.07. The largest absolute Gasteiger partial charge is 0.353 e. The van der Waals surface area contributed by atoms with Crippen molar-refractivity contribution >= 4 is 39.3 Å². The van der Waals surface area contributed by atoms with Gasteiger partial charge >= 0.3 is 11.8 Å². The molecule has 1 aromatic carbocycles. The molecule has 0 aliphatic rings. The quantitative estimate of drug-likeness (QED) is 0.501. The van der Waals surface area contributed by atoms with E-state index in [-0.39, 0.29) is 37.3 Å². The summed E-state index contributed by atoms with van der Waals surface area (Å²) in [5.74, 6) is -0.598. The Morgan fingerprint density at radius 3 is 2.52 bits per heavy atom. The zero-order chi connectivity index (χ0) is 21.0. The fraction of sp³-hybridized carbons (Fsp3) is 0.278. The maximum absolute atomic E-state index is 12.1. The first-order valence-electron chi connectivity index (χ1n) is 8.69. The number of rotatable bonds is 7. The van der Waals surface area contributed by atoms with Gasteiger partial charge in [-0.2, -0.15) is 10.1 Å². The molecule has 0 aliphatic heterocycles. The van der Waals surface area contributed by atoms with Crippen LogP contribution in [0.25, 0.3) is 11.4 Å². The summed E-state index contributed by atoms with van der Waals surface area (Å²) in [5, 5.41) is 14.0. The Hall–Kier alpha value is -2.72. The number of hydrogen-bond donors (Lipinski definition) is 2. The Morgan fingerprint density at radius 1 is 1.17 bits per heavy atom. The topological polar surface area (TPSA) is 115 Å². The van der Waals surface area contributed by atoms with E-state index in [2.05, 4.69) is 41.8 Å². The summed E-state index contributed by atoms with van der Waals surface area (Å²) < 4.78 is 7.48. The summed E-state index contributed by atoms with van der Waals surface area (Å²) in [4.78, 5) is 28.2. The van der Waals surface area contributed by atoms with Gasteiger partial charge in [-0.05, 0) is 54.0 Å². The molecule has 0 saturated carbocycles. The van der Waals surface area contributed by atoms with Gasteiger partial charge in [-0.3, -0.25) is 14.3 Å². The predicted octanol–water partition coefficient (Wildman–Crippen LogP) is 2.51. The number of nitrogens with one attached hydrogen (secondary N) is 2. The van der Waals surface area contributed by atoms with Crippen molar-refractivity contribution in [3.05, 3.63) is 51.0 Å². The molecule has 0 saturated heterocycles. The fourth-order valence-corrected chi connectivity index (χ4v) is 2.92. The third-order valence-corrected chi connectivity index (χ3v) is 5.44. The molecule has 0 bridgehead atoms. The number of nitrogens with zero attached hydrogens (tertiary/aromatic N) is 4. The minimum absolute atomic E-state index is 0.0976. The first-order valence-corrected chi connectivity index (χ1v) is 9.86. The van der Waals surface area contributed by atoms with Crippen molar-refractivity contribution in [1.82, 2.24) is 30.6 Å². The lowest BCUT2D eigenvalue weighted by atomic mass is 10.2. The molecule has 0 fully saturated rings. The minimum atomic E-state index is -0.519. The Labute approximate surface area is 179 Å². The van der Waals surface area contributed by atoms with Gasteiger partial charge in [0.05, 0.1) is 15.9 Å². The van der Waals surface area contributed by atoms with Gasteiger partial charge in [0.25, 0.3) is 0 Å². The van der Waals surface area contributed by atoms with Crippen LogP contribution in [0.3, 0.4) is 0 Å². The Kier molecular flexibility index (Phi) is 6.65. The Morgan fingerprint density at radius 2 is 1.86 bits per heavy atom. The number of hydrogen-bond acceptors (Lipinski definition) is 6. The molecule has 0 radical (unpaired) electrons. The van der Waals surface area contributed by atoms with Gasteiger partial charge in [-0.25, -0.2) is 0 Å². The molecule has 2 aromatic heterocycles. The van der Waals surface area contributed by atoms with Crippen molar-refractivity contribution in [2.75, 3.05) is 13.1 Å². The maximum Gasteiger partial charge on any atom is 0.316 e. The molecule has 0 spiro atoms. The molecule has 3 aromatic rings. The zero-order valence-electron chi connectivity index (χ0n) is 15.7. The summed E-state index contributed by atoms with van der Waals surface area (Å²) in [7, 11) is 0. The molecule has 2 amide bonds. The van der Waals surface area contributed by atoms with Crippen LogP contribution in [0.5, 0.6) is 0 Å². The third kappa shape index (κ3) is 5.21. The van der Waals surface area contributed by atoms with E-state index in [0.717, 1.165) is 15.9 Å². The van der Waals surface area contributed by atoms with Crippen molar-refractivity contribution in [2.24, 2.45) is 0 Å². The summed E-state index contributed by atoms with van der Waals surface area (Å²) in [5.41, 5.74) is 2.37. The van der Waals surface area contributed by atoms with Crippen molar-refractivity contribution in [2.45, 2.75) is 20.4 Å². The molecule has 3 rings (SSSR count). The van der Waals surface area contributed by atoms with Crippen LogP contribution in [0, 0.1) is 13.8 Å². The van der Waals surface area contributed by atoms with Crippen molar-refractivity contribution in [3.8, 4) is 11.4 Å². The van der Waals surface area contributed by atoms with Crippen LogP contribution in [0.4, 0.5) is 0 Å². The van der Waals surface area contributed by atoms with Gasteiger partial charge in [-0.15, -0.1) is 0 Å². The molecule has 0 unspecified atom stereocenters. The number of aryl methyl sites for hydroxylation is 1. The van der Waals surface area contributed by atoms with Gasteiger partial charge in [0.15, 0.2) is 0 Å². The van der Waals surface area contributed by atoms with E-state index in [1.807, 2.05) is 13.8 Å². The van der Waals surface area contributed by atoms with E-state index in [0.29, 0.717) is 10.6 Å². The highest BCUT2D eigenvalue weighted by atomic mass is 79.9. The first kappa shape index (κ1) is 21.0. The number of carbonyl (C=O) groups excluding carboxylic acids is 2. The predicted molar refractivity (Wildman–Crippen MR) is 109 cm³/mol. The highest BCUT2D eigenvalue weighted by Crippen LogP contribution is 2.20. The lowest BCUT2D eigenvalue weighted by Crippen LogP contribution is -2.36. The lowest BCUT2D eigenvalue weighted by molar-refractivity contribution is -0.121. The second kappa shape index (κ2) is 9.19. The van der Waals surface area contributed by atoms with Gasteiger partial charge in [-0.1, -0.05) is 16.8 Å². The monoisotopic (exact) mass is 480 g/mol. The molecule has 152 valence electrons. The van der Waals surface area contributed by atoms with E-state index >= 15 is 0 Å². The maximum atomic E-state index is 12.1. The third-order valence-electron chi connectivity index (χ3n) is 4.04. The van der Waals surface area contributed by atoms with Crippen molar-refractivity contribution in [1.29, 1.82) is 0 Å². The number of benzene rings is 1. The van der Waals surface area contributed by atoms with E-state index in [9.17, 15) is 9.59 Å². The van der Waals surface area contributed by atoms with Crippen molar-refractivity contribution in [3.63, 3.8) is 0 Å². The van der Waals surface area contributed by atoms with Gasteiger partial charge in [0, 0.05) is 23.7 Å². The first-order chi connectivity index (χ1) is 13.8. The Bertz CT molecular complexity index is 1030. The zero-order valence-corrected chi connectivity index (χ0v) is 18.0. The van der Waals surface area contributed by atoms with Gasteiger partial charge < -0.3 is 15.2 Å². The van der Waals surface area contributed by atoms with Gasteiger partial charge in [0.2, 0.25) is 11.7 Å². The summed E-state index contributed by atoms with van der Waals surface area (Å²) in [6.07, 6.45) is 0. The molecular weight excluding hydrogens is 464 g/mol. The van der Waals surface area contributed by atoms with Crippen LogP contribution in [0.2, 0.25) is 5.02 Å². The normalized spacial score (nSPS) is 10.8. The van der Waals surface area contributed by atoms with Crippen LogP contribution >= 0.6 is 27.5 Å². The molecule has 29 heavy (non-hydrogen) atoms. The number of amides is 2. The standard InChI is InChI=1S/C18H18BrClN6O3/c1-10-15(19)11(2)26(24-10)9-14(27)21-7-8-22-17(28)18-23-16(25-29-18)12-3-5-13(20)6-4-12/h3-6H,7-9H2,1-2H3,(H,21,27)(H,22,28). The van der Waals surface area contributed by atoms with E-state index in [4.69, 9.17) is 16.1 Å². The average molecular weight is 482 g/mol. The molecule has 0 aliphatic carbocycles. The second-order valence-corrected chi connectivity index (χ2v) is 7.41. The van der Waals surface area contributed by atoms with E-state index in [1.165, 1.54) is 0 Å². The minimum Gasteiger partial charge on any atom is -0.353 e. The summed E-state index contributed by atoms with van der Waals surface area (Å²) in [6.45, 7) is 4.30. The molecular formula is C18H18BrClN6O3. The van der Waals surface area contributed by atoms with E-state index in [1.54, 1.807) is 28.9 Å². The average Bonchev–Trinajstić information content (AvgIpc) is 3.28. The highest BCUT2D eigenvalue weighted by Gasteiger charge is 2.16. The Balaban J connectivity index is 1.44. The SMILES string of the molecule is Cc1nn(CC(=O)NCCNC(=O)c2nc(-c3ccc(Cl)cc3)no2)c(C)c1Br. The van der Waals surface area contributed by atoms with Crippen LogP contribution in [0.15, 0.2) is 33.3 Å². The molecule has 0 atom stereocenters. The molecule has 2 heterocycles. The second-order valence-electron chi connectivity index (χ2n) is 6.18. The van der Waals surface area contributed by atoms with E-state index < -0.39 is 5.91 Å². The fourth-order valence-electron chi connectivity index (χ4n) is 2.51. The smallest absolute Gasteiger partial charge is 0.316 e. The summed E-state index contributed by atoms with van der Waals surface area (Å²) >= 11 is 9.27. The molecule has 11 heteroatoms. The van der Waals surface area contributed by atoms with Gasteiger partial charge in [0.1, 0.15) is 6.54 Å². The summed E-state index contributed by atoms with van der Waals surface area (Å²) in [6, 6.07) is 6.85. The van der Waals surface area contributed by atoms with Crippen LogP contribution in [0.1, 0.15) is 22.1 Å². The highest BCUT2D eigenvalue weighted by molar-refractivity contribution is 9.10. The number of carbonyl (C=O) groups is 2. The number of halogens is 2. The van der Waals surface area contributed by atoms with Crippen molar-refractivity contribution < 1.29 is 14.1 Å². The number of aromatic nitrogens is 4.